The number of aromatic amines is 1. The van der Waals surface area contributed by atoms with Crippen molar-refractivity contribution < 1.29 is 0 Å². The quantitative estimate of drug-likeness (QED) is 0.425. The Hall–Kier alpha value is -1.96. The number of H-pyrrole nitrogens is 1. The van der Waals surface area contributed by atoms with Crippen LogP contribution < -0.4 is 0 Å². The van der Waals surface area contributed by atoms with E-state index in [1.165, 1.54) is 0 Å². The van der Waals surface area contributed by atoms with Crippen molar-refractivity contribution >= 4 is 45.0 Å². The Balaban J connectivity index is 2.21. The molecule has 102 valence electrons. The molecule has 1 nitrogen and oxygen atoms in total. The first-order chi connectivity index (χ1) is 10.3. The van der Waals surface area contributed by atoms with Gasteiger partial charge in [0, 0.05) is 21.9 Å². The fraction of sp³-hybridized carbons (Fsp3) is 0. The molecule has 0 aliphatic rings. The molecule has 0 saturated carbocycles. The molecule has 0 fully saturated rings. The van der Waals surface area contributed by atoms with Crippen LogP contribution in [0.1, 0.15) is 0 Å². The van der Waals surface area contributed by atoms with E-state index in [0.29, 0.717) is 10.0 Å². The lowest BCUT2D eigenvalue weighted by Gasteiger charge is -2.08. The maximum atomic E-state index is 6.48. The third-order valence-corrected chi connectivity index (χ3v) is 4.55. The van der Waals surface area contributed by atoms with Gasteiger partial charge >= 0.3 is 0 Å². The number of para-hydroxylation sites is 1. The number of aromatic nitrogens is 1. The zero-order valence-corrected chi connectivity index (χ0v) is 12.5. The third kappa shape index (κ3) is 1.93. The van der Waals surface area contributed by atoms with E-state index in [2.05, 4.69) is 17.1 Å². The van der Waals surface area contributed by atoms with E-state index in [1.807, 2.05) is 48.5 Å². The second kappa shape index (κ2) is 4.80. The first-order valence-electron chi connectivity index (χ1n) is 6.69. The average Bonchev–Trinajstić information content (AvgIpc) is 2.87. The van der Waals surface area contributed by atoms with Gasteiger partial charge in [-0.1, -0.05) is 71.7 Å². The van der Waals surface area contributed by atoms with Crippen LogP contribution in [0.25, 0.3) is 32.9 Å². The summed E-state index contributed by atoms with van der Waals surface area (Å²) in [6, 6.07) is 20.2. The van der Waals surface area contributed by atoms with Crippen LogP contribution in [-0.2, 0) is 0 Å². The highest BCUT2D eigenvalue weighted by molar-refractivity contribution is 6.45. The fourth-order valence-electron chi connectivity index (χ4n) is 2.81. The topological polar surface area (TPSA) is 15.8 Å². The molecule has 0 amide bonds. The number of hydrogen-bond acceptors (Lipinski definition) is 0. The molecule has 4 aromatic rings. The summed E-state index contributed by atoms with van der Waals surface area (Å²) in [5.74, 6) is 0. The maximum absolute atomic E-state index is 6.48. The first-order valence-corrected chi connectivity index (χ1v) is 7.45. The summed E-state index contributed by atoms with van der Waals surface area (Å²) in [7, 11) is 0. The van der Waals surface area contributed by atoms with Crippen molar-refractivity contribution in [1.29, 1.82) is 0 Å². The zero-order valence-electron chi connectivity index (χ0n) is 11.0. The van der Waals surface area contributed by atoms with Crippen molar-refractivity contribution in [3.8, 4) is 11.1 Å². The maximum Gasteiger partial charge on any atom is 0.0692 e. The van der Waals surface area contributed by atoms with Crippen molar-refractivity contribution in [2.45, 2.75) is 0 Å². The molecule has 4 rings (SSSR count). The van der Waals surface area contributed by atoms with E-state index in [1.54, 1.807) is 0 Å². The third-order valence-electron chi connectivity index (χ3n) is 3.76. The molecule has 1 aromatic heterocycles. The molecule has 3 aromatic carbocycles. The smallest absolute Gasteiger partial charge is 0.0692 e. The van der Waals surface area contributed by atoms with Gasteiger partial charge in [0.2, 0.25) is 0 Å². The minimum Gasteiger partial charge on any atom is -0.354 e. The number of halogens is 2. The highest BCUT2D eigenvalue weighted by Gasteiger charge is 2.16. The highest BCUT2D eigenvalue weighted by Crippen LogP contribution is 2.41. The summed E-state index contributed by atoms with van der Waals surface area (Å²) in [6.07, 6.45) is 0. The first kappa shape index (κ1) is 12.8. The van der Waals surface area contributed by atoms with Crippen molar-refractivity contribution in [3.05, 3.63) is 70.7 Å². The van der Waals surface area contributed by atoms with E-state index in [9.17, 15) is 0 Å². The van der Waals surface area contributed by atoms with E-state index < -0.39 is 0 Å². The predicted molar refractivity (Wildman–Crippen MR) is 91.3 cm³/mol. The molecule has 0 atom stereocenters. The van der Waals surface area contributed by atoms with Gasteiger partial charge in [0.25, 0.3) is 0 Å². The van der Waals surface area contributed by atoms with Crippen molar-refractivity contribution in [3.63, 3.8) is 0 Å². The normalized spacial score (nSPS) is 11.3. The molecule has 21 heavy (non-hydrogen) atoms. The van der Waals surface area contributed by atoms with Gasteiger partial charge in [-0.15, -0.1) is 0 Å². The molecule has 3 heteroatoms. The van der Waals surface area contributed by atoms with Gasteiger partial charge in [-0.3, -0.25) is 0 Å². The molecule has 0 aliphatic carbocycles. The fourth-order valence-corrected chi connectivity index (χ4v) is 3.27. The number of nitrogens with one attached hydrogen (secondary N) is 1. The molecule has 0 spiro atoms. The second-order valence-electron chi connectivity index (χ2n) is 5.01. The summed E-state index contributed by atoms with van der Waals surface area (Å²) in [6.45, 7) is 0. The lowest BCUT2D eigenvalue weighted by Crippen LogP contribution is -1.83. The van der Waals surface area contributed by atoms with Crippen LogP contribution in [-0.4, -0.2) is 4.98 Å². The molecule has 0 aliphatic heterocycles. The Morgan fingerprint density at radius 1 is 0.762 bits per heavy atom. The molecule has 0 bridgehead atoms. The highest BCUT2D eigenvalue weighted by atomic mass is 35.5. The minimum absolute atomic E-state index is 0.577. The Labute approximate surface area is 132 Å². The number of benzene rings is 3. The molecule has 0 saturated heterocycles. The van der Waals surface area contributed by atoms with Crippen LogP contribution in [0.15, 0.2) is 60.7 Å². The van der Waals surface area contributed by atoms with Gasteiger partial charge in [0.1, 0.15) is 0 Å². The van der Waals surface area contributed by atoms with Gasteiger partial charge in [-0.25, -0.2) is 0 Å². The lowest BCUT2D eigenvalue weighted by atomic mass is 10.0. The van der Waals surface area contributed by atoms with Gasteiger partial charge in [0.05, 0.1) is 15.6 Å². The largest absolute Gasteiger partial charge is 0.354 e. The summed E-state index contributed by atoms with van der Waals surface area (Å²) >= 11 is 12.8. The van der Waals surface area contributed by atoms with Crippen LogP contribution in [0.3, 0.4) is 0 Å². The van der Waals surface area contributed by atoms with Gasteiger partial charge in [-0.05, 0) is 17.7 Å². The Kier molecular flexibility index (Phi) is 2.91. The molecule has 0 unspecified atom stereocenters. The summed E-state index contributed by atoms with van der Waals surface area (Å²) in [5.41, 5.74) is 4.12. The monoisotopic (exact) mass is 311 g/mol. The Morgan fingerprint density at radius 2 is 1.48 bits per heavy atom. The minimum atomic E-state index is 0.577. The van der Waals surface area contributed by atoms with E-state index in [-0.39, 0.29) is 0 Å². The van der Waals surface area contributed by atoms with E-state index in [4.69, 9.17) is 23.2 Å². The molecular formula is C18H11Cl2N. The van der Waals surface area contributed by atoms with E-state index in [0.717, 1.165) is 32.9 Å². The van der Waals surface area contributed by atoms with E-state index >= 15 is 0 Å². The number of rotatable bonds is 1. The van der Waals surface area contributed by atoms with Crippen LogP contribution >= 0.6 is 23.2 Å². The van der Waals surface area contributed by atoms with Gasteiger partial charge in [0.15, 0.2) is 0 Å². The van der Waals surface area contributed by atoms with Crippen molar-refractivity contribution in [1.82, 2.24) is 4.98 Å². The second-order valence-corrected chi connectivity index (χ2v) is 5.79. The summed E-state index contributed by atoms with van der Waals surface area (Å²) < 4.78 is 0. The zero-order chi connectivity index (χ0) is 14.4. The van der Waals surface area contributed by atoms with Crippen LogP contribution in [0.5, 0.6) is 0 Å². The molecule has 0 radical (unpaired) electrons. The van der Waals surface area contributed by atoms with Gasteiger partial charge in [-0.2, -0.15) is 0 Å². The predicted octanol–water partition coefficient (Wildman–Crippen LogP) is 6.29. The SMILES string of the molecule is Clc1cc2c([nH]c3ccccc32)c(-c2ccccc2)c1Cl. The Bertz CT molecular complexity index is 955. The standard InChI is InChI=1S/C18H11Cl2N/c19-14-10-13-12-8-4-5-9-15(12)21-18(13)16(17(14)20)11-6-2-1-3-7-11/h1-10,21H. The van der Waals surface area contributed by atoms with Crippen LogP contribution in [0.2, 0.25) is 10.0 Å². The summed E-state index contributed by atoms with van der Waals surface area (Å²) in [5, 5.41) is 3.41. The molecule has 1 heterocycles. The van der Waals surface area contributed by atoms with Crippen LogP contribution in [0.4, 0.5) is 0 Å². The Morgan fingerprint density at radius 3 is 2.29 bits per heavy atom. The number of fused-ring (bicyclic) bond motifs is 3. The molecular weight excluding hydrogens is 301 g/mol. The van der Waals surface area contributed by atoms with Crippen molar-refractivity contribution in [2.75, 3.05) is 0 Å². The average molecular weight is 312 g/mol. The summed E-state index contributed by atoms with van der Waals surface area (Å²) in [4.78, 5) is 3.47. The van der Waals surface area contributed by atoms with Crippen LogP contribution in [0, 0.1) is 0 Å². The van der Waals surface area contributed by atoms with Crippen molar-refractivity contribution in [2.24, 2.45) is 0 Å². The lowest BCUT2D eigenvalue weighted by molar-refractivity contribution is 1.53. The molecule has 1 N–H and O–H groups in total. The van der Waals surface area contributed by atoms with Gasteiger partial charge < -0.3 is 4.98 Å². The number of hydrogen-bond donors (Lipinski definition) is 1.